The van der Waals surface area contributed by atoms with E-state index in [1.54, 1.807) is 6.92 Å². The van der Waals surface area contributed by atoms with Crippen LogP contribution in [-0.2, 0) is 33.7 Å². The molecule has 1 aliphatic rings. The maximum Gasteiger partial charge on any atom is 0.331 e. The Morgan fingerprint density at radius 1 is 1.19 bits per heavy atom. The lowest BCUT2D eigenvalue weighted by Gasteiger charge is -2.10. The van der Waals surface area contributed by atoms with Gasteiger partial charge in [0.05, 0.1) is 18.1 Å². The van der Waals surface area contributed by atoms with E-state index < -0.39 is 40.3 Å². The van der Waals surface area contributed by atoms with Crippen LogP contribution in [0.5, 0.6) is 0 Å². The fourth-order valence-corrected chi connectivity index (χ4v) is 3.36. The van der Waals surface area contributed by atoms with E-state index in [1.165, 1.54) is 0 Å². The molecule has 0 aromatic rings. The monoisotopic (exact) mass is 319 g/mol. The van der Waals surface area contributed by atoms with Crippen LogP contribution in [-0.4, -0.2) is 57.0 Å². The lowest BCUT2D eigenvalue weighted by atomic mass is 10.2. The molecule has 0 bridgehead atoms. The largest absolute Gasteiger partial charge is 0.463 e. The number of esters is 2. The van der Waals surface area contributed by atoms with Gasteiger partial charge in [0.15, 0.2) is 16.4 Å². The predicted octanol–water partition coefficient (Wildman–Crippen LogP) is -1.05. The van der Waals surface area contributed by atoms with E-state index >= 15 is 0 Å². The first-order chi connectivity index (χ1) is 9.82. The quantitative estimate of drug-likeness (QED) is 0.490. The van der Waals surface area contributed by atoms with Gasteiger partial charge in [0.1, 0.15) is 0 Å². The Labute approximate surface area is 122 Å². The zero-order valence-electron chi connectivity index (χ0n) is 11.5. The maximum atomic E-state index is 11.5. The molecule has 1 fully saturated rings. The van der Waals surface area contributed by atoms with Gasteiger partial charge in [0.2, 0.25) is 0 Å². The van der Waals surface area contributed by atoms with Crippen LogP contribution in [0.1, 0.15) is 13.3 Å². The summed E-state index contributed by atoms with van der Waals surface area (Å²) >= 11 is 0. The van der Waals surface area contributed by atoms with Crippen molar-refractivity contribution in [3.8, 4) is 0 Å². The van der Waals surface area contributed by atoms with Gasteiger partial charge in [-0.2, -0.15) is 0 Å². The van der Waals surface area contributed by atoms with Crippen molar-refractivity contribution in [2.45, 2.75) is 19.4 Å². The lowest BCUT2D eigenvalue weighted by molar-refractivity contribution is -0.144. The van der Waals surface area contributed by atoms with Crippen molar-refractivity contribution >= 4 is 27.7 Å². The fraction of sp³-hybridized carbons (Fsp3) is 0.583. The number of rotatable bonds is 6. The second kappa shape index (κ2) is 7.77. The Morgan fingerprint density at radius 2 is 1.81 bits per heavy atom. The lowest BCUT2D eigenvalue weighted by Crippen LogP contribution is -2.38. The standard InChI is InChI=1S/C12H17NO7S/c1-2-19-11(15)3-4-12(16)20-7-10(14)13-9-5-6-21(17,18)8-9/h3-4,9H,2,5-8H2,1H3,(H,13,14)/b4-3+/t9-/m1/s1. The van der Waals surface area contributed by atoms with Crippen LogP contribution >= 0.6 is 0 Å². The molecule has 1 atom stereocenters. The molecule has 1 saturated heterocycles. The van der Waals surface area contributed by atoms with Gasteiger partial charge in [0, 0.05) is 18.2 Å². The van der Waals surface area contributed by atoms with Crippen molar-refractivity contribution in [1.82, 2.24) is 5.32 Å². The van der Waals surface area contributed by atoms with Crippen molar-refractivity contribution in [2.24, 2.45) is 0 Å². The Bertz CT molecular complexity index is 538. The minimum Gasteiger partial charge on any atom is -0.463 e. The van der Waals surface area contributed by atoms with Crippen molar-refractivity contribution < 1.29 is 32.3 Å². The third-order valence-corrected chi connectivity index (χ3v) is 4.35. The summed E-state index contributed by atoms with van der Waals surface area (Å²) in [5.74, 6) is -2.20. The molecule has 1 aliphatic heterocycles. The molecule has 0 saturated carbocycles. The summed E-state index contributed by atoms with van der Waals surface area (Å²) in [6.45, 7) is 1.27. The van der Waals surface area contributed by atoms with E-state index in [0.717, 1.165) is 12.2 Å². The van der Waals surface area contributed by atoms with Gasteiger partial charge >= 0.3 is 11.9 Å². The minimum absolute atomic E-state index is 0.0417. The molecule has 0 radical (unpaired) electrons. The van der Waals surface area contributed by atoms with E-state index in [1.807, 2.05) is 0 Å². The Kier molecular flexibility index (Phi) is 6.35. The third-order valence-electron chi connectivity index (χ3n) is 2.59. The van der Waals surface area contributed by atoms with Crippen molar-refractivity contribution in [3.63, 3.8) is 0 Å². The van der Waals surface area contributed by atoms with Gasteiger partial charge in [0.25, 0.3) is 5.91 Å². The predicted molar refractivity (Wildman–Crippen MR) is 71.9 cm³/mol. The van der Waals surface area contributed by atoms with Crippen LogP contribution in [0.4, 0.5) is 0 Å². The summed E-state index contributed by atoms with van der Waals surface area (Å²) in [6, 6.07) is -0.448. The molecule has 118 valence electrons. The summed E-state index contributed by atoms with van der Waals surface area (Å²) < 4.78 is 31.6. The molecule has 0 unspecified atom stereocenters. The van der Waals surface area contributed by atoms with E-state index in [-0.39, 0.29) is 18.1 Å². The number of hydrogen-bond donors (Lipinski definition) is 1. The molecule has 21 heavy (non-hydrogen) atoms. The molecule has 1 rings (SSSR count). The molecule has 8 nitrogen and oxygen atoms in total. The van der Waals surface area contributed by atoms with E-state index in [4.69, 9.17) is 0 Å². The van der Waals surface area contributed by atoms with Crippen LogP contribution in [0.15, 0.2) is 12.2 Å². The Hall–Kier alpha value is -1.90. The molecular weight excluding hydrogens is 302 g/mol. The zero-order chi connectivity index (χ0) is 15.9. The first kappa shape index (κ1) is 17.2. The fourth-order valence-electron chi connectivity index (χ4n) is 1.69. The Balaban J connectivity index is 2.27. The highest BCUT2D eigenvalue weighted by Crippen LogP contribution is 2.10. The van der Waals surface area contributed by atoms with E-state index in [9.17, 15) is 22.8 Å². The van der Waals surface area contributed by atoms with E-state index in [2.05, 4.69) is 14.8 Å². The number of nitrogens with one attached hydrogen (secondary N) is 1. The maximum absolute atomic E-state index is 11.5. The van der Waals surface area contributed by atoms with Crippen molar-refractivity contribution in [3.05, 3.63) is 12.2 Å². The smallest absolute Gasteiger partial charge is 0.331 e. The molecule has 1 N–H and O–H groups in total. The van der Waals surface area contributed by atoms with Gasteiger partial charge < -0.3 is 14.8 Å². The SMILES string of the molecule is CCOC(=O)/C=C/C(=O)OCC(=O)N[C@@H]1CCS(=O)(=O)C1. The number of carbonyl (C=O) groups is 3. The van der Waals surface area contributed by atoms with Gasteiger partial charge in [-0.25, -0.2) is 18.0 Å². The summed E-state index contributed by atoms with van der Waals surface area (Å²) in [6.07, 6.45) is 2.10. The van der Waals surface area contributed by atoms with Crippen molar-refractivity contribution in [1.29, 1.82) is 0 Å². The Morgan fingerprint density at radius 3 is 2.33 bits per heavy atom. The average Bonchev–Trinajstić information content (AvgIpc) is 2.73. The molecule has 9 heteroatoms. The molecule has 0 aromatic carbocycles. The molecule has 1 heterocycles. The molecule has 1 amide bonds. The minimum atomic E-state index is -3.08. The summed E-state index contributed by atoms with van der Waals surface area (Å²) in [4.78, 5) is 33.6. The number of ether oxygens (including phenoxy) is 2. The average molecular weight is 319 g/mol. The van der Waals surface area contributed by atoms with Gasteiger partial charge in [-0.1, -0.05) is 0 Å². The van der Waals surface area contributed by atoms with Crippen LogP contribution in [0, 0.1) is 0 Å². The van der Waals surface area contributed by atoms with E-state index in [0.29, 0.717) is 6.42 Å². The number of amides is 1. The number of carbonyl (C=O) groups excluding carboxylic acids is 3. The number of hydrogen-bond acceptors (Lipinski definition) is 7. The first-order valence-corrected chi connectivity index (χ1v) is 8.16. The second-order valence-electron chi connectivity index (χ2n) is 4.36. The molecular formula is C12H17NO7S. The highest BCUT2D eigenvalue weighted by molar-refractivity contribution is 7.91. The van der Waals surface area contributed by atoms with Gasteiger partial charge in [-0.15, -0.1) is 0 Å². The van der Waals surface area contributed by atoms with Crippen LogP contribution in [0.25, 0.3) is 0 Å². The normalized spacial score (nSPS) is 20.1. The molecule has 0 aromatic heterocycles. The summed E-state index contributed by atoms with van der Waals surface area (Å²) in [5.41, 5.74) is 0. The van der Waals surface area contributed by atoms with Crippen LogP contribution in [0.3, 0.4) is 0 Å². The number of sulfone groups is 1. The summed E-state index contributed by atoms with van der Waals surface area (Å²) in [5, 5.41) is 2.46. The molecule has 0 spiro atoms. The van der Waals surface area contributed by atoms with Crippen molar-refractivity contribution in [2.75, 3.05) is 24.7 Å². The first-order valence-electron chi connectivity index (χ1n) is 6.34. The van der Waals surface area contributed by atoms with Gasteiger partial charge in [-0.3, -0.25) is 4.79 Å². The molecule has 0 aliphatic carbocycles. The second-order valence-corrected chi connectivity index (χ2v) is 6.59. The topological polar surface area (TPSA) is 116 Å². The van der Waals surface area contributed by atoms with Gasteiger partial charge in [-0.05, 0) is 13.3 Å². The van der Waals surface area contributed by atoms with Crippen LogP contribution < -0.4 is 5.32 Å². The zero-order valence-corrected chi connectivity index (χ0v) is 12.4. The third kappa shape index (κ3) is 6.89. The summed E-state index contributed by atoms with van der Waals surface area (Å²) in [7, 11) is -3.08. The highest BCUT2D eigenvalue weighted by Gasteiger charge is 2.28. The highest BCUT2D eigenvalue weighted by atomic mass is 32.2. The van der Waals surface area contributed by atoms with Crippen LogP contribution in [0.2, 0.25) is 0 Å².